The predicted octanol–water partition coefficient (Wildman–Crippen LogP) is 4.77. The van der Waals surface area contributed by atoms with Gasteiger partial charge in [0, 0.05) is 134 Å². The summed E-state index contributed by atoms with van der Waals surface area (Å²) in [5, 5.41) is 24.2. The smallest absolute Gasteiger partial charge is 0.319 e. The second-order valence-electron chi connectivity index (χ2n) is 34.4. The van der Waals surface area contributed by atoms with Crippen LogP contribution < -0.4 is 0 Å². The maximum absolute atomic E-state index is 16.5. The van der Waals surface area contributed by atoms with Crippen LogP contribution in [-0.2, 0) is 66.7 Å². The number of ketones is 2. The average Bonchev–Trinajstić information content (AvgIpc) is 1.70. The van der Waals surface area contributed by atoms with Crippen molar-refractivity contribution in [1.29, 1.82) is 0 Å². The number of nitrogens with zero attached hydrogens (tertiary/aromatic N) is 8. The lowest BCUT2D eigenvalue weighted by molar-refractivity contribution is -0.296. The Labute approximate surface area is 592 Å². The predicted molar refractivity (Wildman–Crippen MR) is 374 cm³/mol. The number of carbonyl (C=O) groups excluding carboxylic acids is 6. The Hall–Kier alpha value is -3.34. The molecule has 0 aromatic rings. The molecule has 9 fully saturated rings. The van der Waals surface area contributed by atoms with E-state index in [9.17, 15) is 24.6 Å². The standard InChI is InChI=1S/C75H130N8O16/c1-45-32-74(9,92-18)66(99-69-62(86)57(77(13)14)31-47(3)97-69)49(5)64(88)73(8,71(91)95-44-58(79(16)34-45)54-39-82(40-54)60(84)26-28-78(15)35-50-20-21-50)27-24-52-33-75(10,93-19)65(98-68-61(85)56(76(11)12)30-46(2)96-68)48(4)63(87)72(6,7)70(90)94-43-59(80(17)36-52)55-41-83(42-55)67(89)53-25-29-81(38-53)37-51-22-23-51/h45-59,61-62,65-66,68-69,85-86H,20-44H2,1-19H3/t45-,46-,47-,48+,49+,52-,53-,56+,57+,58+,59+,61-,62-,65-,66-,68+,69+,73+,74-,75-/m1/s1. The average molecular weight is 1400 g/mol. The van der Waals surface area contributed by atoms with E-state index in [-0.39, 0.29) is 98.3 Å². The number of ether oxygens (including phenoxy) is 8. The number of amides is 2. The molecule has 2 saturated carbocycles. The molecular weight excluding hydrogens is 1270 g/mol. The zero-order chi connectivity index (χ0) is 72.5. The Bertz CT molecular complexity index is 2750. The molecule has 7 heterocycles. The Balaban J connectivity index is 1.08. The molecule has 0 aromatic carbocycles. The summed E-state index contributed by atoms with van der Waals surface area (Å²) in [5.74, 6) is -3.51. The number of Topliss-reactive ketones (excluding diaryl/α,β-unsaturated/α-hetero) is 2. The topological polar surface area (TPSA) is 243 Å². The molecule has 2 aliphatic carbocycles. The Morgan fingerprint density at radius 3 is 1.62 bits per heavy atom. The van der Waals surface area contributed by atoms with Crippen molar-refractivity contribution in [3.63, 3.8) is 0 Å². The number of methoxy groups -OCH3 is 2. The van der Waals surface area contributed by atoms with Gasteiger partial charge in [-0.05, 0) is 199 Å². The van der Waals surface area contributed by atoms with Crippen molar-refractivity contribution in [2.45, 2.75) is 231 Å². The first-order valence-corrected chi connectivity index (χ1v) is 37.7. The number of hydrogen-bond donors (Lipinski definition) is 2. The number of esters is 2. The molecule has 7 saturated heterocycles. The molecule has 566 valence electrons. The first-order chi connectivity index (χ1) is 46.5. The van der Waals surface area contributed by atoms with E-state index in [1.165, 1.54) is 25.7 Å². The minimum Gasteiger partial charge on any atom is -0.463 e. The second-order valence-corrected chi connectivity index (χ2v) is 34.4. The summed E-state index contributed by atoms with van der Waals surface area (Å²) in [4.78, 5) is 107. The fourth-order valence-corrected chi connectivity index (χ4v) is 18.0. The lowest BCUT2D eigenvalue weighted by Crippen LogP contribution is -2.61. The fourth-order valence-electron chi connectivity index (χ4n) is 18.0. The maximum atomic E-state index is 16.5. The molecule has 0 radical (unpaired) electrons. The molecule has 99 heavy (non-hydrogen) atoms. The Morgan fingerprint density at radius 2 is 1.10 bits per heavy atom. The van der Waals surface area contributed by atoms with Gasteiger partial charge in [0.05, 0.1) is 41.5 Å². The van der Waals surface area contributed by atoms with Crippen LogP contribution in [-0.4, -0.2) is 318 Å². The monoisotopic (exact) mass is 1400 g/mol. The first kappa shape index (κ1) is 79.8. The molecule has 20 atom stereocenters. The maximum Gasteiger partial charge on any atom is 0.319 e. The summed E-state index contributed by atoms with van der Waals surface area (Å²) < 4.78 is 53.4. The van der Waals surface area contributed by atoms with Gasteiger partial charge in [-0.1, -0.05) is 20.8 Å². The van der Waals surface area contributed by atoms with E-state index in [1.807, 2.05) is 89.6 Å². The van der Waals surface area contributed by atoms with Crippen molar-refractivity contribution in [3.8, 4) is 0 Å². The minimum absolute atomic E-state index is 0.0339. The highest BCUT2D eigenvalue weighted by molar-refractivity contribution is 6.05. The molecule has 0 aromatic heterocycles. The zero-order valence-corrected chi connectivity index (χ0v) is 64.0. The van der Waals surface area contributed by atoms with Crippen LogP contribution in [0.4, 0.5) is 0 Å². The fraction of sp³-hybridized carbons (Fsp3) is 0.920. The van der Waals surface area contributed by atoms with Gasteiger partial charge in [-0.2, -0.15) is 0 Å². The molecule has 0 spiro atoms. The van der Waals surface area contributed by atoms with Gasteiger partial charge in [0.1, 0.15) is 36.3 Å². The second kappa shape index (κ2) is 33.0. The van der Waals surface area contributed by atoms with E-state index < -0.39 is 106 Å². The lowest BCUT2D eigenvalue weighted by Gasteiger charge is -2.48. The van der Waals surface area contributed by atoms with Crippen molar-refractivity contribution in [2.24, 2.45) is 64.1 Å². The highest BCUT2D eigenvalue weighted by Crippen LogP contribution is 2.45. The summed E-state index contributed by atoms with van der Waals surface area (Å²) in [7, 11) is 16.9. The van der Waals surface area contributed by atoms with Crippen molar-refractivity contribution in [3.05, 3.63) is 0 Å². The molecule has 0 bridgehead atoms. The van der Waals surface area contributed by atoms with Crippen LogP contribution in [0.1, 0.15) is 146 Å². The molecule has 2 N–H and O–H groups in total. The van der Waals surface area contributed by atoms with Gasteiger partial charge in [0.15, 0.2) is 24.1 Å². The van der Waals surface area contributed by atoms with Crippen molar-refractivity contribution < 1.29 is 76.9 Å². The van der Waals surface area contributed by atoms with E-state index in [0.29, 0.717) is 77.4 Å². The third-order valence-electron chi connectivity index (χ3n) is 25.0. The van der Waals surface area contributed by atoms with Gasteiger partial charge in [-0.25, -0.2) is 0 Å². The third kappa shape index (κ3) is 18.7. The summed E-state index contributed by atoms with van der Waals surface area (Å²) in [5.41, 5.74) is -6.10. The molecule has 9 rings (SSSR count). The number of carbonyl (C=O) groups is 6. The van der Waals surface area contributed by atoms with Crippen LogP contribution in [0.2, 0.25) is 0 Å². The number of likely N-dealkylation sites (tertiary alicyclic amines) is 3. The van der Waals surface area contributed by atoms with Gasteiger partial charge < -0.3 is 77.5 Å². The van der Waals surface area contributed by atoms with E-state index in [0.717, 1.165) is 38.5 Å². The number of rotatable bonds is 21. The number of hydrogen-bond acceptors (Lipinski definition) is 22. The molecular formula is C75H130N8O16. The lowest BCUT2D eigenvalue weighted by atomic mass is 9.69. The molecule has 24 nitrogen and oxygen atoms in total. The Kier molecular flexibility index (Phi) is 26.6. The normalized spacial score (nSPS) is 39.9. The van der Waals surface area contributed by atoms with Gasteiger partial charge in [0.2, 0.25) is 11.8 Å². The van der Waals surface area contributed by atoms with Crippen LogP contribution in [0.3, 0.4) is 0 Å². The van der Waals surface area contributed by atoms with Gasteiger partial charge in [-0.3, -0.25) is 38.6 Å². The van der Waals surface area contributed by atoms with E-state index in [2.05, 4.69) is 33.6 Å². The summed E-state index contributed by atoms with van der Waals surface area (Å²) in [6.07, 6.45) is 0.588. The van der Waals surface area contributed by atoms with Crippen LogP contribution in [0.5, 0.6) is 0 Å². The zero-order valence-electron chi connectivity index (χ0n) is 64.0. The van der Waals surface area contributed by atoms with E-state index in [1.54, 1.807) is 48.8 Å². The molecule has 24 heteroatoms. The number of cyclic esters (lactones) is 2. The molecule has 0 unspecified atom stereocenters. The van der Waals surface area contributed by atoms with Crippen LogP contribution >= 0.6 is 0 Å². The highest BCUT2D eigenvalue weighted by atomic mass is 16.7. The number of likely N-dealkylation sites (N-methyl/N-ethyl adjacent to an activating group) is 4. The third-order valence-corrected chi connectivity index (χ3v) is 25.0. The van der Waals surface area contributed by atoms with Crippen molar-refractivity contribution in [1.82, 2.24) is 39.2 Å². The van der Waals surface area contributed by atoms with Crippen LogP contribution in [0, 0.1) is 64.1 Å². The van der Waals surface area contributed by atoms with Crippen LogP contribution in [0.15, 0.2) is 0 Å². The van der Waals surface area contributed by atoms with Gasteiger partial charge in [0.25, 0.3) is 0 Å². The van der Waals surface area contributed by atoms with Crippen LogP contribution in [0.25, 0.3) is 0 Å². The number of aliphatic hydroxyl groups is 2. The van der Waals surface area contributed by atoms with Gasteiger partial charge >= 0.3 is 11.9 Å². The van der Waals surface area contributed by atoms with Crippen molar-refractivity contribution >= 4 is 35.3 Å². The minimum atomic E-state index is -1.86. The summed E-state index contributed by atoms with van der Waals surface area (Å²) in [6.45, 7) is 25.2. The summed E-state index contributed by atoms with van der Waals surface area (Å²) >= 11 is 0. The summed E-state index contributed by atoms with van der Waals surface area (Å²) in [6, 6.07) is -1.44. The van der Waals surface area contributed by atoms with E-state index >= 15 is 14.4 Å². The highest BCUT2D eigenvalue weighted by Gasteiger charge is 2.57. The largest absolute Gasteiger partial charge is 0.463 e. The van der Waals surface area contributed by atoms with E-state index in [4.69, 9.17) is 37.9 Å². The first-order valence-electron chi connectivity index (χ1n) is 37.7. The van der Waals surface area contributed by atoms with Crippen molar-refractivity contribution in [2.75, 3.05) is 149 Å². The molecule has 9 aliphatic rings. The quantitative estimate of drug-likeness (QED) is 0.116. The molecule has 2 amide bonds. The SMILES string of the molecule is CO[C@]1(C)C[C@@H](CC[C@]2(C)C(=O)OC[C@@H](C3CN(C(=O)CCN(C)CC4CC4)C3)N(C)C[C@H](C)C[C@@](C)(OC)[C@H](O[C@@H]3O[C@H](C)C[C@H](N(C)C)[C@H]3O)[C@@H](C)C2=O)CN(C)[C@H](C2CN(C(=O)[C@@H]3CCN(CC4CC4)C3)C2)COC(=O)C(C)(C)C(=O)[C@H](C)[C@H]1O[C@@H]1O[C@H](C)C[C@H](N(C)C)[C@H]1O. The molecule has 7 aliphatic heterocycles. The van der Waals surface area contributed by atoms with Gasteiger partial charge in [-0.15, -0.1) is 0 Å². The Morgan fingerprint density at radius 1 is 0.606 bits per heavy atom. The number of aliphatic hydroxyl groups excluding tert-OH is 2.